The first kappa shape index (κ1) is 13.1. The molecule has 5 nitrogen and oxygen atoms in total. The summed E-state index contributed by atoms with van der Waals surface area (Å²) in [5, 5.41) is 14.1. The van der Waals surface area contributed by atoms with Gasteiger partial charge in [-0.3, -0.25) is 4.98 Å². The van der Waals surface area contributed by atoms with Crippen molar-refractivity contribution in [2.24, 2.45) is 5.16 Å². The average Bonchev–Trinajstić information content (AvgIpc) is 2.83. The Morgan fingerprint density at radius 1 is 1.45 bits per heavy atom. The number of fused-ring (bicyclic) bond motifs is 1. The third-order valence-electron chi connectivity index (χ3n) is 3.34. The molecular weight excluding hydrogens is 324 g/mol. The summed E-state index contributed by atoms with van der Waals surface area (Å²) in [6.45, 7) is 1.51. The van der Waals surface area contributed by atoms with Gasteiger partial charge >= 0.3 is 5.97 Å². The molecule has 0 radical (unpaired) electrons. The molecule has 102 valence electrons. The van der Waals surface area contributed by atoms with Crippen molar-refractivity contribution in [3.63, 3.8) is 0 Å². The van der Waals surface area contributed by atoms with Crippen LogP contribution in [0.5, 0.6) is 0 Å². The molecule has 1 aromatic heterocycles. The second kappa shape index (κ2) is 4.56. The number of aliphatic carboxylic acids is 1. The topological polar surface area (TPSA) is 71.8 Å². The number of pyridine rings is 1. The van der Waals surface area contributed by atoms with E-state index in [0.29, 0.717) is 5.71 Å². The first-order valence-electron chi connectivity index (χ1n) is 6.03. The molecule has 1 atom stereocenters. The highest BCUT2D eigenvalue weighted by Gasteiger charge is 2.42. The standard InChI is InChI=1S/C14H11BrN2O3/c1-14(13(18)19)7-11(17-20-14)9-4-5-10(15)8-3-2-6-16-12(8)9/h2-6H,7H2,1H3,(H,18,19). The molecule has 0 saturated carbocycles. The van der Waals surface area contributed by atoms with Crippen LogP contribution in [-0.2, 0) is 9.63 Å². The van der Waals surface area contributed by atoms with E-state index in [-0.39, 0.29) is 6.42 Å². The van der Waals surface area contributed by atoms with Gasteiger partial charge in [0.05, 0.1) is 11.2 Å². The summed E-state index contributed by atoms with van der Waals surface area (Å²) in [7, 11) is 0. The van der Waals surface area contributed by atoms with E-state index in [1.165, 1.54) is 6.92 Å². The summed E-state index contributed by atoms with van der Waals surface area (Å²) in [5.41, 5.74) is 0.877. The number of aromatic nitrogens is 1. The highest BCUT2D eigenvalue weighted by molar-refractivity contribution is 9.10. The summed E-state index contributed by atoms with van der Waals surface area (Å²) < 4.78 is 0.935. The molecule has 1 unspecified atom stereocenters. The number of halogens is 1. The van der Waals surface area contributed by atoms with Gasteiger partial charge in [0, 0.05) is 28.0 Å². The molecule has 2 heterocycles. The second-order valence-corrected chi connectivity index (χ2v) is 5.69. The van der Waals surface area contributed by atoms with Crippen LogP contribution in [0.25, 0.3) is 10.9 Å². The molecule has 2 aromatic rings. The fourth-order valence-electron chi connectivity index (χ4n) is 2.17. The molecule has 0 bridgehead atoms. The van der Waals surface area contributed by atoms with E-state index in [1.54, 1.807) is 6.20 Å². The van der Waals surface area contributed by atoms with E-state index in [4.69, 9.17) is 4.84 Å². The second-order valence-electron chi connectivity index (χ2n) is 4.84. The number of carbonyl (C=O) groups is 1. The van der Waals surface area contributed by atoms with E-state index in [9.17, 15) is 9.90 Å². The lowest BCUT2D eigenvalue weighted by atomic mass is 9.95. The number of oxime groups is 1. The Labute approximate surface area is 123 Å². The van der Waals surface area contributed by atoms with Gasteiger partial charge in [0.25, 0.3) is 0 Å². The lowest BCUT2D eigenvalue weighted by Crippen LogP contribution is -2.35. The van der Waals surface area contributed by atoms with Gasteiger partial charge in [-0.05, 0) is 25.1 Å². The highest BCUT2D eigenvalue weighted by Crippen LogP contribution is 2.31. The zero-order valence-corrected chi connectivity index (χ0v) is 12.2. The zero-order valence-electron chi connectivity index (χ0n) is 10.6. The summed E-state index contributed by atoms with van der Waals surface area (Å²) >= 11 is 3.48. The van der Waals surface area contributed by atoms with Crippen LogP contribution in [0.1, 0.15) is 18.9 Å². The number of hydrogen-bond donors (Lipinski definition) is 1. The van der Waals surface area contributed by atoms with Crippen molar-refractivity contribution in [2.45, 2.75) is 18.9 Å². The molecule has 0 spiro atoms. The van der Waals surface area contributed by atoms with Crippen LogP contribution >= 0.6 is 15.9 Å². The van der Waals surface area contributed by atoms with E-state index in [2.05, 4.69) is 26.1 Å². The minimum Gasteiger partial charge on any atom is -0.478 e. The quantitative estimate of drug-likeness (QED) is 0.916. The fraction of sp³-hybridized carbons (Fsp3) is 0.214. The number of carboxylic acids is 1. The van der Waals surface area contributed by atoms with E-state index >= 15 is 0 Å². The van der Waals surface area contributed by atoms with Gasteiger partial charge in [-0.15, -0.1) is 0 Å². The Hall–Kier alpha value is -1.95. The minimum atomic E-state index is -1.30. The summed E-state index contributed by atoms with van der Waals surface area (Å²) in [5.74, 6) is -1.02. The Morgan fingerprint density at radius 3 is 2.95 bits per heavy atom. The number of carboxylic acid groups (broad SMARTS) is 1. The summed E-state index contributed by atoms with van der Waals surface area (Å²) in [4.78, 5) is 20.7. The van der Waals surface area contributed by atoms with Gasteiger partial charge in [-0.1, -0.05) is 27.2 Å². The normalized spacial score (nSPS) is 21.6. The average molecular weight is 335 g/mol. The molecule has 20 heavy (non-hydrogen) atoms. The lowest BCUT2D eigenvalue weighted by Gasteiger charge is -2.14. The predicted octanol–water partition coefficient (Wildman–Crippen LogP) is 2.97. The maximum atomic E-state index is 11.2. The number of rotatable bonds is 2. The number of hydrogen-bond acceptors (Lipinski definition) is 4. The van der Waals surface area contributed by atoms with Gasteiger partial charge in [-0.2, -0.15) is 0 Å². The smallest absolute Gasteiger partial charge is 0.351 e. The van der Waals surface area contributed by atoms with Gasteiger partial charge in [0.15, 0.2) is 0 Å². The minimum absolute atomic E-state index is 0.218. The molecule has 3 rings (SSSR count). The van der Waals surface area contributed by atoms with Gasteiger partial charge < -0.3 is 9.94 Å². The van der Waals surface area contributed by atoms with Crippen molar-refractivity contribution in [2.75, 3.05) is 0 Å². The van der Waals surface area contributed by atoms with E-state index < -0.39 is 11.6 Å². The van der Waals surface area contributed by atoms with Gasteiger partial charge in [0.1, 0.15) is 0 Å². The van der Waals surface area contributed by atoms with E-state index in [1.807, 2.05) is 24.3 Å². The third kappa shape index (κ3) is 1.96. The van der Waals surface area contributed by atoms with Crippen LogP contribution < -0.4 is 0 Å². The van der Waals surface area contributed by atoms with E-state index in [0.717, 1.165) is 20.9 Å². The Bertz CT molecular complexity index is 744. The molecule has 1 aromatic carbocycles. The van der Waals surface area contributed by atoms with Crippen molar-refractivity contribution in [3.8, 4) is 0 Å². The maximum absolute atomic E-state index is 11.2. The van der Waals surface area contributed by atoms with Gasteiger partial charge in [0.2, 0.25) is 5.60 Å². The van der Waals surface area contributed by atoms with Crippen molar-refractivity contribution >= 4 is 38.5 Å². The van der Waals surface area contributed by atoms with Gasteiger partial charge in [-0.25, -0.2) is 4.79 Å². The molecule has 1 N–H and O–H groups in total. The molecular formula is C14H11BrN2O3. The summed E-state index contributed by atoms with van der Waals surface area (Å²) in [6.07, 6.45) is 1.92. The van der Waals surface area contributed by atoms with Crippen LogP contribution in [0.2, 0.25) is 0 Å². The van der Waals surface area contributed by atoms with Crippen LogP contribution in [0.15, 0.2) is 40.1 Å². The van der Waals surface area contributed by atoms with Crippen LogP contribution in [0.4, 0.5) is 0 Å². The largest absolute Gasteiger partial charge is 0.478 e. The lowest BCUT2D eigenvalue weighted by molar-refractivity contribution is -0.160. The molecule has 6 heteroatoms. The monoisotopic (exact) mass is 334 g/mol. The zero-order chi connectivity index (χ0) is 14.3. The van der Waals surface area contributed by atoms with Crippen molar-refractivity contribution in [3.05, 3.63) is 40.5 Å². The Morgan fingerprint density at radius 2 is 2.25 bits per heavy atom. The molecule has 0 aliphatic carbocycles. The molecule has 1 aliphatic heterocycles. The van der Waals surface area contributed by atoms with Crippen molar-refractivity contribution < 1.29 is 14.7 Å². The summed E-state index contributed by atoms with van der Waals surface area (Å²) in [6, 6.07) is 7.57. The van der Waals surface area contributed by atoms with Crippen LogP contribution in [0, 0.1) is 0 Å². The molecule has 0 amide bonds. The maximum Gasteiger partial charge on any atom is 0.351 e. The Balaban J connectivity index is 2.09. The molecule has 0 saturated heterocycles. The molecule has 0 fully saturated rings. The third-order valence-corrected chi connectivity index (χ3v) is 4.03. The first-order valence-corrected chi connectivity index (χ1v) is 6.82. The SMILES string of the molecule is CC1(C(=O)O)CC(c2ccc(Br)c3cccnc23)=NO1. The predicted molar refractivity (Wildman–Crippen MR) is 77.7 cm³/mol. The van der Waals surface area contributed by atoms with Crippen LogP contribution in [-0.4, -0.2) is 27.4 Å². The Kier molecular flexibility index (Phi) is 2.97. The van der Waals surface area contributed by atoms with Crippen molar-refractivity contribution in [1.29, 1.82) is 0 Å². The fourth-order valence-corrected chi connectivity index (χ4v) is 2.62. The first-order chi connectivity index (χ1) is 9.51. The van der Waals surface area contributed by atoms with Crippen molar-refractivity contribution in [1.82, 2.24) is 4.98 Å². The number of benzene rings is 1. The molecule has 1 aliphatic rings. The highest BCUT2D eigenvalue weighted by atomic mass is 79.9. The number of nitrogens with zero attached hydrogens (tertiary/aromatic N) is 2. The van der Waals surface area contributed by atoms with Crippen LogP contribution in [0.3, 0.4) is 0 Å².